The lowest BCUT2D eigenvalue weighted by molar-refractivity contribution is -0.00848. The van der Waals surface area contributed by atoms with Gasteiger partial charge in [-0.25, -0.2) is 19.8 Å². The summed E-state index contributed by atoms with van der Waals surface area (Å²) in [6.07, 6.45) is -2.29. The Labute approximate surface area is 213 Å². The lowest BCUT2D eigenvalue weighted by Crippen LogP contribution is -2.64. The van der Waals surface area contributed by atoms with E-state index in [1.807, 2.05) is 6.92 Å². The number of hydrazine groups is 1. The fourth-order valence-corrected chi connectivity index (χ4v) is 3.70. The van der Waals surface area contributed by atoms with Crippen molar-refractivity contribution in [1.82, 2.24) is 15.2 Å². The monoisotopic (exact) mass is 508 g/mol. The summed E-state index contributed by atoms with van der Waals surface area (Å²) >= 11 is 0. The smallest absolute Gasteiger partial charge is 0.427 e. The third-order valence-corrected chi connectivity index (χ3v) is 5.30. The van der Waals surface area contributed by atoms with Crippen LogP contribution >= 0.6 is 0 Å². The summed E-state index contributed by atoms with van der Waals surface area (Å²) in [6, 6.07) is 3.70. The molecular formula is C25H40N4O7. The summed E-state index contributed by atoms with van der Waals surface area (Å²) in [7, 11) is 1.54. The first-order valence-electron chi connectivity index (χ1n) is 11.9. The summed E-state index contributed by atoms with van der Waals surface area (Å²) < 4.78 is 16.1. The van der Waals surface area contributed by atoms with E-state index in [1.54, 1.807) is 73.8 Å². The Morgan fingerprint density at radius 2 is 1.69 bits per heavy atom. The largest absolute Gasteiger partial charge is 0.496 e. The predicted octanol–water partition coefficient (Wildman–Crippen LogP) is 3.67. The number of ether oxygens (including phenoxy) is 3. The lowest BCUT2D eigenvalue weighted by Gasteiger charge is -2.44. The quantitative estimate of drug-likeness (QED) is 0.598. The molecule has 0 radical (unpaired) electrons. The minimum Gasteiger partial charge on any atom is -0.496 e. The van der Waals surface area contributed by atoms with Crippen LogP contribution in [0.4, 0.5) is 20.1 Å². The first kappa shape index (κ1) is 29.0. The molecule has 1 aliphatic heterocycles. The van der Waals surface area contributed by atoms with E-state index in [-0.39, 0.29) is 19.6 Å². The molecule has 2 N–H and O–H groups in total. The van der Waals surface area contributed by atoms with Gasteiger partial charge in [0.1, 0.15) is 17.0 Å². The van der Waals surface area contributed by atoms with E-state index in [4.69, 9.17) is 14.2 Å². The van der Waals surface area contributed by atoms with E-state index in [2.05, 4.69) is 5.43 Å². The number of aliphatic hydroxyl groups excluding tert-OH is 1. The van der Waals surface area contributed by atoms with Gasteiger partial charge in [-0.2, -0.15) is 5.01 Å². The molecule has 1 fully saturated rings. The second kappa shape index (κ2) is 11.2. The number of carbonyl (C=O) groups excluding carboxylic acids is 3. The van der Waals surface area contributed by atoms with Gasteiger partial charge in [-0.3, -0.25) is 0 Å². The Morgan fingerprint density at radius 3 is 2.19 bits per heavy atom. The highest BCUT2D eigenvalue weighted by Crippen LogP contribution is 2.26. The molecule has 1 aliphatic rings. The Morgan fingerprint density at radius 1 is 1.08 bits per heavy atom. The van der Waals surface area contributed by atoms with E-state index >= 15 is 0 Å². The molecule has 0 bridgehead atoms. The van der Waals surface area contributed by atoms with E-state index in [0.717, 1.165) is 10.6 Å². The van der Waals surface area contributed by atoms with Crippen molar-refractivity contribution in [2.24, 2.45) is 0 Å². The van der Waals surface area contributed by atoms with Crippen LogP contribution in [0, 0.1) is 6.92 Å². The number of aliphatic hydroxyl groups is 1. The fraction of sp³-hybridized carbons (Fsp3) is 0.640. The molecule has 2 atom stereocenters. The first-order valence-corrected chi connectivity index (χ1v) is 11.9. The molecule has 0 aliphatic carbocycles. The maximum Gasteiger partial charge on any atom is 0.427 e. The average molecular weight is 509 g/mol. The molecule has 0 aromatic heterocycles. The standard InChI is InChI=1S/C25H40N4O7/c1-16-14-18(10-11-20(16)34-9)29(26-21(31)35-24(3,4)5)22(32)28-13-12-27(15-19(28)17(2)30)23(33)36-25(6,7)8/h10-11,14,17,19,30H,12-13,15H2,1-9H3,(H,26,31). The Balaban J connectivity index is 2.35. The zero-order valence-corrected chi connectivity index (χ0v) is 22.7. The van der Waals surface area contributed by atoms with Crippen molar-refractivity contribution in [2.45, 2.75) is 78.7 Å². The third-order valence-electron chi connectivity index (χ3n) is 5.30. The number of urea groups is 1. The zero-order valence-electron chi connectivity index (χ0n) is 22.7. The molecule has 1 heterocycles. The SMILES string of the molecule is COc1ccc(N(NC(=O)OC(C)(C)C)C(=O)N2CCN(C(=O)OC(C)(C)C)CC2C(C)O)cc1C. The number of benzene rings is 1. The maximum atomic E-state index is 13.8. The number of aryl methyl sites for hydroxylation is 1. The number of nitrogens with one attached hydrogen (secondary N) is 1. The van der Waals surface area contributed by atoms with Crippen molar-refractivity contribution in [1.29, 1.82) is 0 Å². The number of hydrogen-bond donors (Lipinski definition) is 2. The van der Waals surface area contributed by atoms with Gasteiger partial charge in [-0.15, -0.1) is 0 Å². The van der Waals surface area contributed by atoms with E-state index < -0.39 is 41.6 Å². The van der Waals surface area contributed by atoms with Crippen molar-refractivity contribution < 1.29 is 33.7 Å². The van der Waals surface area contributed by atoms with Crippen LogP contribution in [0.2, 0.25) is 0 Å². The number of hydrogen-bond acceptors (Lipinski definition) is 7. The number of rotatable bonds is 3. The van der Waals surface area contributed by atoms with Gasteiger partial charge in [-0.05, 0) is 79.2 Å². The van der Waals surface area contributed by atoms with Crippen molar-refractivity contribution in [2.75, 3.05) is 31.8 Å². The second-order valence-electron chi connectivity index (χ2n) is 10.8. The highest BCUT2D eigenvalue weighted by molar-refractivity contribution is 5.94. The summed E-state index contributed by atoms with van der Waals surface area (Å²) in [5.41, 5.74) is 2.20. The van der Waals surface area contributed by atoms with Crippen LogP contribution in [-0.2, 0) is 9.47 Å². The van der Waals surface area contributed by atoms with Crippen LogP contribution in [0.25, 0.3) is 0 Å². The lowest BCUT2D eigenvalue weighted by atomic mass is 10.1. The number of amides is 4. The molecule has 11 heteroatoms. The summed E-state index contributed by atoms with van der Waals surface area (Å²) in [5.74, 6) is 0.622. The molecule has 36 heavy (non-hydrogen) atoms. The molecule has 4 amide bonds. The summed E-state index contributed by atoms with van der Waals surface area (Å²) in [6.45, 7) is 14.2. The van der Waals surface area contributed by atoms with Crippen LogP contribution < -0.4 is 15.2 Å². The van der Waals surface area contributed by atoms with Crippen LogP contribution in [-0.4, -0.2) is 83.2 Å². The normalized spacial score (nSPS) is 17.2. The van der Waals surface area contributed by atoms with Gasteiger partial charge in [0.15, 0.2) is 0 Å². The molecule has 1 saturated heterocycles. The number of piperazine rings is 1. The molecule has 0 spiro atoms. The van der Waals surface area contributed by atoms with Gasteiger partial charge in [0.25, 0.3) is 0 Å². The molecule has 0 saturated carbocycles. The second-order valence-corrected chi connectivity index (χ2v) is 10.8. The van der Waals surface area contributed by atoms with Crippen LogP contribution in [0.15, 0.2) is 18.2 Å². The zero-order chi connectivity index (χ0) is 27.4. The van der Waals surface area contributed by atoms with Crippen LogP contribution in [0.5, 0.6) is 5.75 Å². The molecule has 1 aromatic rings. The molecule has 2 unspecified atom stereocenters. The van der Waals surface area contributed by atoms with E-state index in [0.29, 0.717) is 11.4 Å². The molecule has 11 nitrogen and oxygen atoms in total. The molecular weight excluding hydrogens is 468 g/mol. The highest BCUT2D eigenvalue weighted by Gasteiger charge is 2.39. The Kier molecular flexibility index (Phi) is 9.06. The average Bonchev–Trinajstić information content (AvgIpc) is 2.74. The minimum absolute atomic E-state index is 0.0697. The van der Waals surface area contributed by atoms with Gasteiger partial charge < -0.3 is 29.1 Å². The molecule has 1 aromatic carbocycles. The van der Waals surface area contributed by atoms with Crippen molar-refractivity contribution in [3.05, 3.63) is 23.8 Å². The van der Waals surface area contributed by atoms with Gasteiger partial charge in [-0.1, -0.05) is 0 Å². The van der Waals surface area contributed by atoms with Gasteiger partial charge in [0.2, 0.25) is 0 Å². The van der Waals surface area contributed by atoms with Gasteiger partial charge >= 0.3 is 18.2 Å². The minimum atomic E-state index is -0.958. The van der Waals surface area contributed by atoms with Crippen LogP contribution in [0.3, 0.4) is 0 Å². The van der Waals surface area contributed by atoms with E-state index in [1.165, 1.54) is 9.80 Å². The molecule has 202 valence electrons. The predicted molar refractivity (Wildman–Crippen MR) is 135 cm³/mol. The van der Waals surface area contributed by atoms with Crippen molar-refractivity contribution in [3.63, 3.8) is 0 Å². The maximum absolute atomic E-state index is 13.8. The number of anilines is 1. The number of nitrogens with zero attached hydrogens (tertiary/aromatic N) is 3. The highest BCUT2D eigenvalue weighted by atomic mass is 16.6. The Hall–Kier alpha value is -3.21. The Bertz CT molecular complexity index is 953. The third kappa shape index (κ3) is 7.91. The summed E-state index contributed by atoms with van der Waals surface area (Å²) in [5, 5.41) is 11.6. The van der Waals surface area contributed by atoms with Gasteiger partial charge in [0, 0.05) is 19.6 Å². The van der Waals surface area contributed by atoms with Crippen molar-refractivity contribution in [3.8, 4) is 5.75 Å². The molecule has 2 rings (SSSR count). The van der Waals surface area contributed by atoms with Crippen LogP contribution in [0.1, 0.15) is 54.0 Å². The fourth-order valence-electron chi connectivity index (χ4n) is 3.70. The first-order chi connectivity index (χ1) is 16.5. The topological polar surface area (TPSA) is 121 Å². The number of methoxy groups -OCH3 is 1. The van der Waals surface area contributed by atoms with E-state index in [9.17, 15) is 19.5 Å². The van der Waals surface area contributed by atoms with Crippen molar-refractivity contribution >= 4 is 23.9 Å². The summed E-state index contributed by atoms with van der Waals surface area (Å²) in [4.78, 5) is 41.9. The van der Waals surface area contributed by atoms with Gasteiger partial charge in [0.05, 0.1) is 24.9 Å². The number of carbonyl (C=O) groups is 3.